The third-order valence-electron chi connectivity index (χ3n) is 1.62. The lowest BCUT2D eigenvalue weighted by Gasteiger charge is -2.09. The maximum Gasteiger partial charge on any atom is 0.352 e. The van der Waals surface area contributed by atoms with E-state index in [1.807, 2.05) is 0 Å². The number of anilines is 2. The summed E-state index contributed by atoms with van der Waals surface area (Å²) in [5.74, 6) is 0.364. The number of hydrogen-bond donors (Lipinski definition) is 3. The van der Waals surface area contributed by atoms with Crippen molar-refractivity contribution in [3.05, 3.63) is 18.2 Å². The van der Waals surface area contributed by atoms with Gasteiger partial charge in [-0.1, -0.05) is 6.58 Å². The standard InChI is InChI=1S/C9H15N4O5P/c1-6(5-17-18-19(2,14)15)4-16-8-3-7(10)12-9(11)13-8/h3H,1,4-5H2,2H3,(H,14,15)(H4,10,11,12,13). The second-order valence-electron chi connectivity index (χ2n) is 3.67. The van der Waals surface area contributed by atoms with E-state index in [2.05, 4.69) is 26.1 Å². The van der Waals surface area contributed by atoms with Gasteiger partial charge in [0.05, 0.1) is 0 Å². The molecule has 106 valence electrons. The van der Waals surface area contributed by atoms with Crippen molar-refractivity contribution in [2.24, 2.45) is 0 Å². The molecule has 0 bridgehead atoms. The summed E-state index contributed by atoms with van der Waals surface area (Å²) in [6, 6.07) is 1.40. The van der Waals surface area contributed by atoms with E-state index in [1.54, 1.807) is 0 Å². The van der Waals surface area contributed by atoms with Crippen LogP contribution in [0.15, 0.2) is 18.2 Å². The smallest absolute Gasteiger partial charge is 0.352 e. The van der Waals surface area contributed by atoms with Crippen LogP contribution < -0.4 is 16.2 Å². The molecule has 9 nitrogen and oxygen atoms in total. The second-order valence-corrected chi connectivity index (χ2v) is 5.42. The van der Waals surface area contributed by atoms with Gasteiger partial charge in [0.2, 0.25) is 11.8 Å². The molecule has 0 aromatic carbocycles. The summed E-state index contributed by atoms with van der Waals surface area (Å²) in [5, 5.41) is 0. The van der Waals surface area contributed by atoms with Gasteiger partial charge in [0.15, 0.2) is 0 Å². The summed E-state index contributed by atoms with van der Waals surface area (Å²) in [6.07, 6.45) is 0. The highest BCUT2D eigenvalue weighted by molar-refractivity contribution is 7.51. The number of nitrogens with zero attached hydrogens (tertiary/aromatic N) is 2. The van der Waals surface area contributed by atoms with Crippen LogP contribution in [0.1, 0.15) is 0 Å². The zero-order chi connectivity index (χ0) is 14.5. The van der Waals surface area contributed by atoms with Gasteiger partial charge in [-0.15, -0.1) is 4.67 Å². The van der Waals surface area contributed by atoms with E-state index < -0.39 is 7.60 Å². The van der Waals surface area contributed by atoms with Crippen LogP contribution >= 0.6 is 7.60 Å². The highest BCUT2D eigenvalue weighted by Crippen LogP contribution is 2.36. The van der Waals surface area contributed by atoms with Gasteiger partial charge in [-0.3, -0.25) is 4.57 Å². The molecule has 0 amide bonds. The largest absolute Gasteiger partial charge is 0.473 e. The fourth-order valence-corrected chi connectivity index (χ4v) is 1.21. The van der Waals surface area contributed by atoms with E-state index >= 15 is 0 Å². The third kappa shape index (κ3) is 6.73. The average molecular weight is 290 g/mol. The SMILES string of the molecule is C=C(COOP(C)(=O)O)COc1cc(N)nc(N)n1. The van der Waals surface area contributed by atoms with E-state index in [9.17, 15) is 4.57 Å². The first kappa shape index (κ1) is 15.4. The molecular weight excluding hydrogens is 275 g/mol. The molecule has 0 saturated carbocycles. The maximum atomic E-state index is 10.8. The first-order valence-corrected chi connectivity index (χ1v) is 7.10. The molecule has 0 spiro atoms. The van der Waals surface area contributed by atoms with Gasteiger partial charge in [0.25, 0.3) is 0 Å². The van der Waals surface area contributed by atoms with Crippen molar-refractivity contribution in [1.29, 1.82) is 0 Å². The molecule has 5 N–H and O–H groups in total. The molecule has 0 aliphatic heterocycles. The van der Waals surface area contributed by atoms with Gasteiger partial charge in [0.1, 0.15) is 19.0 Å². The molecule has 1 aromatic heterocycles. The van der Waals surface area contributed by atoms with Crippen LogP contribution in [0.4, 0.5) is 11.8 Å². The van der Waals surface area contributed by atoms with Crippen molar-refractivity contribution in [3.8, 4) is 5.88 Å². The van der Waals surface area contributed by atoms with Crippen molar-refractivity contribution >= 4 is 19.4 Å². The molecule has 0 aliphatic carbocycles. The highest BCUT2D eigenvalue weighted by Gasteiger charge is 2.11. The molecular formula is C9H15N4O5P. The Balaban J connectivity index is 2.36. The lowest BCUT2D eigenvalue weighted by Crippen LogP contribution is -2.09. The Morgan fingerprint density at radius 2 is 2.16 bits per heavy atom. The predicted molar refractivity (Wildman–Crippen MR) is 68.3 cm³/mol. The minimum absolute atomic E-state index is 0.00704. The van der Waals surface area contributed by atoms with Crippen molar-refractivity contribution < 1.29 is 23.8 Å². The monoisotopic (exact) mass is 290 g/mol. The van der Waals surface area contributed by atoms with Gasteiger partial charge in [-0.2, -0.15) is 9.97 Å². The quantitative estimate of drug-likeness (QED) is 0.280. The second kappa shape index (κ2) is 6.48. The number of ether oxygens (including phenoxy) is 1. The minimum Gasteiger partial charge on any atom is -0.473 e. The molecule has 0 aliphatic rings. The molecule has 0 fully saturated rings. The lowest BCUT2D eigenvalue weighted by atomic mass is 10.3. The molecule has 1 heterocycles. The third-order valence-corrected chi connectivity index (χ3v) is 2.00. The van der Waals surface area contributed by atoms with Gasteiger partial charge in [-0.25, -0.2) is 4.89 Å². The Bertz CT molecular complexity index is 483. The van der Waals surface area contributed by atoms with E-state index in [-0.39, 0.29) is 30.9 Å². The molecule has 1 aromatic rings. The zero-order valence-corrected chi connectivity index (χ0v) is 11.2. The van der Waals surface area contributed by atoms with Crippen molar-refractivity contribution in [1.82, 2.24) is 9.97 Å². The molecule has 1 unspecified atom stereocenters. The van der Waals surface area contributed by atoms with Gasteiger partial charge >= 0.3 is 7.60 Å². The van der Waals surface area contributed by atoms with Crippen LogP contribution in [0.5, 0.6) is 5.88 Å². The van der Waals surface area contributed by atoms with Crippen molar-refractivity contribution in [3.63, 3.8) is 0 Å². The van der Waals surface area contributed by atoms with Crippen LogP contribution in [0.3, 0.4) is 0 Å². The molecule has 0 radical (unpaired) electrons. The zero-order valence-electron chi connectivity index (χ0n) is 10.3. The maximum absolute atomic E-state index is 10.8. The van der Waals surface area contributed by atoms with Crippen LogP contribution in [0.25, 0.3) is 0 Å². The van der Waals surface area contributed by atoms with Gasteiger partial charge < -0.3 is 21.1 Å². The van der Waals surface area contributed by atoms with Crippen molar-refractivity contribution in [2.75, 3.05) is 31.3 Å². The molecule has 10 heteroatoms. The predicted octanol–water partition coefficient (Wildman–Crippen LogP) is 0.339. The van der Waals surface area contributed by atoms with Crippen molar-refractivity contribution in [2.45, 2.75) is 0 Å². The summed E-state index contributed by atoms with van der Waals surface area (Å²) in [5.41, 5.74) is 11.3. The Labute approximate surface area is 109 Å². The summed E-state index contributed by atoms with van der Waals surface area (Å²) in [7, 11) is -3.67. The Morgan fingerprint density at radius 3 is 2.74 bits per heavy atom. The number of nitrogen functional groups attached to an aromatic ring is 2. The Kier molecular flexibility index (Phi) is 5.25. The molecule has 19 heavy (non-hydrogen) atoms. The molecule has 0 saturated heterocycles. The summed E-state index contributed by atoms with van der Waals surface area (Å²) < 4.78 is 20.2. The van der Waals surface area contributed by atoms with Crippen LogP contribution in [0.2, 0.25) is 0 Å². The topological polar surface area (TPSA) is 143 Å². The van der Waals surface area contributed by atoms with E-state index in [1.165, 1.54) is 6.07 Å². The van der Waals surface area contributed by atoms with Gasteiger partial charge in [-0.05, 0) is 5.57 Å². The van der Waals surface area contributed by atoms with E-state index in [0.717, 1.165) is 6.66 Å². The van der Waals surface area contributed by atoms with Gasteiger partial charge in [0, 0.05) is 12.7 Å². The van der Waals surface area contributed by atoms with Crippen LogP contribution in [-0.4, -0.2) is 34.7 Å². The Morgan fingerprint density at radius 1 is 1.47 bits per heavy atom. The summed E-state index contributed by atoms with van der Waals surface area (Å²) in [4.78, 5) is 20.8. The first-order valence-electron chi connectivity index (χ1n) is 5.07. The number of aromatic nitrogens is 2. The fourth-order valence-electron chi connectivity index (χ4n) is 0.960. The van der Waals surface area contributed by atoms with Crippen LogP contribution in [0, 0.1) is 0 Å². The fraction of sp³-hybridized carbons (Fsp3) is 0.333. The summed E-state index contributed by atoms with van der Waals surface area (Å²) >= 11 is 0. The van der Waals surface area contributed by atoms with Crippen LogP contribution in [-0.2, 0) is 14.1 Å². The highest BCUT2D eigenvalue weighted by atomic mass is 31.2. The number of rotatable bonds is 7. The Hall–Kier alpha value is -1.67. The first-order chi connectivity index (χ1) is 8.76. The van der Waals surface area contributed by atoms with E-state index in [4.69, 9.17) is 21.1 Å². The number of hydrogen-bond acceptors (Lipinski definition) is 8. The van der Waals surface area contributed by atoms with E-state index in [0.29, 0.717) is 5.57 Å². The molecule has 1 atom stereocenters. The average Bonchev–Trinajstić information content (AvgIpc) is 2.23. The minimum atomic E-state index is -3.67. The summed E-state index contributed by atoms with van der Waals surface area (Å²) in [6.45, 7) is 4.58. The normalized spacial score (nSPS) is 13.8. The lowest BCUT2D eigenvalue weighted by molar-refractivity contribution is -0.204. The molecule has 1 rings (SSSR count). The number of nitrogens with two attached hydrogens (primary N) is 2.